The van der Waals surface area contributed by atoms with Crippen LogP contribution in [0.1, 0.15) is 38.2 Å². The highest BCUT2D eigenvalue weighted by molar-refractivity contribution is 8.13. The molecule has 0 radical (unpaired) electrons. The Bertz CT molecular complexity index is 525. The molecule has 0 saturated heterocycles. The van der Waals surface area contributed by atoms with Gasteiger partial charge in [0, 0.05) is 30.1 Å². The van der Waals surface area contributed by atoms with E-state index in [9.17, 15) is 13.2 Å². The van der Waals surface area contributed by atoms with E-state index in [1.165, 1.54) is 19.1 Å². The third-order valence-corrected chi connectivity index (χ3v) is 4.24. The van der Waals surface area contributed by atoms with E-state index in [1.807, 2.05) is 0 Å². The van der Waals surface area contributed by atoms with Crippen LogP contribution in [0.3, 0.4) is 0 Å². The van der Waals surface area contributed by atoms with Crippen LogP contribution in [0.4, 0.5) is 0 Å². The van der Waals surface area contributed by atoms with Crippen molar-refractivity contribution in [3.8, 4) is 0 Å². The summed E-state index contributed by atoms with van der Waals surface area (Å²) < 4.78 is 22.3. The Balaban J connectivity index is 2.88. The molecular weight excluding hydrogens is 286 g/mol. The van der Waals surface area contributed by atoms with E-state index in [1.54, 1.807) is 12.1 Å². The lowest BCUT2D eigenvalue weighted by Gasteiger charge is -2.17. The summed E-state index contributed by atoms with van der Waals surface area (Å²) in [5.41, 5.74) is 1.000. The van der Waals surface area contributed by atoms with Gasteiger partial charge in [0.05, 0.1) is 4.90 Å². The fourth-order valence-electron chi connectivity index (χ4n) is 1.90. The second-order valence-corrected chi connectivity index (χ2v) is 7.00. The van der Waals surface area contributed by atoms with Gasteiger partial charge >= 0.3 is 0 Å². The van der Waals surface area contributed by atoms with Crippen molar-refractivity contribution in [2.45, 2.75) is 37.5 Å². The molecule has 19 heavy (non-hydrogen) atoms. The summed E-state index contributed by atoms with van der Waals surface area (Å²) in [5.74, 6) is 0.113. The number of carbonyl (C=O) groups excluding carboxylic acids is 1. The zero-order valence-electron chi connectivity index (χ0n) is 11.0. The number of rotatable bonds is 6. The fourth-order valence-corrected chi connectivity index (χ4v) is 2.67. The van der Waals surface area contributed by atoms with Gasteiger partial charge in [-0.25, -0.2) is 8.42 Å². The van der Waals surface area contributed by atoms with Crippen LogP contribution in [0.15, 0.2) is 29.2 Å². The number of hydrogen-bond acceptors (Lipinski definition) is 3. The Labute approximate surface area is 118 Å². The molecule has 1 aromatic rings. The summed E-state index contributed by atoms with van der Waals surface area (Å²) in [4.78, 5) is 11.1. The van der Waals surface area contributed by atoms with Gasteiger partial charge < -0.3 is 5.32 Å². The zero-order valence-corrected chi connectivity index (χ0v) is 12.6. The molecule has 1 rings (SSSR count). The summed E-state index contributed by atoms with van der Waals surface area (Å²) in [6.45, 7) is 4.10. The Kier molecular flexibility index (Phi) is 5.82. The van der Waals surface area contributed by atoms with Gasteiger partial charge in [-0.05, 0) is 24.1 Å². The highest BCUT2D eigenvalue weighted by Crippen LogP contribution is 2.23. The van der Waals surface area contributed by atoms with Gasteiger partial charge in [-0.3, -0.25) is 4.79 Å². The molecule has 106 valence electrons. The summed E-state index contributed by atoms with van der Waals surface area (Å²) >= 11 is 0. The van der Waals surface area contributed by atoms with E-state index in [0.29, 0.717) is 6.54 Å². The highest BCUT2D eigenvalue weighted by Gasteiger charge is 2.14. The topological polar surface area (TPSA) is 63.2 Å². The quantitative estimate of drug-likeness (QED) is 0.822. The summed E-state index contributed by atoms with van der Waals surface area (Å²) in [6.07, 6.45) is 1.91. The molecule has 1 aromatic carbocycles. The number of carbonyl (C=O) groups is 1. The lowest BCUT2D eigenvalue weighted by Crippen LogP contribution is -2.25. The second kappa shape index (κ2) is 6.91. The van der Waals surface area contributed by atoms with E-state index in [4.69, 9.17) is 10.7 Å². The minimum Gasteiger partial charge on any atom is -0.356 e. The lowest BCUT2D eigenvalue weighted by atomic mass is 9.94. The van der Waals surface area contributed by atoms with E-state index >= 15 is 0 Å². The van der Waals surface area contributed by atoms with Crippen molar-refractivity contribution in [3.05, 3.63) is 29.8 Å². The van der Waals surface area contributed by atoms with Gasteiger partial charge in [-0.15, -0.1) is 0 Å². The van der Waals surface area contributed by atoms with Crippen molar-refractivity contribution in [2.24, 2.45) is 0 Å². The molecule has 0 heterocycles. The van der Waals surface area contributed by atoms with Crippen molar-refractivity contribution in [1.82, 2.24) is 5.32 Å². The first-order chi connectivity index (χ1) is 8.84. The van der Waals surface area contributed by atoms with Crippen LogP contribution >= 0.6 is 10.7 Å². The molecule has 0 fully saturated rings. The molecule has 0 unspecified atom stereocenters. The van der Waals surface area contributed by atoms with Gasteiger partial charge in [-0.2, -0.15) is 0 Å². The van der Waals surface area contributed by atoms with Gasteiger partial charge in [0.2, 0.25) is 5.91 Å². The fraction of sp³-hybridized carbons (Fsp3) is 0.462. The minimum absolute atomic E-state index is 0.0685. The Morgan fingerprint density at radius 1 is 1.32 bits per heavy atom. The van der Waals surface area contributed by atoms with Crippen molar-refractivity contribution in [2.75, 3.05) is 6.54 Å². The first kappa shape index (κ1) is 16.0. The maximum atomic E-state index is 11.2. The molecule has 0 bridgehead atoms. The van der Waals surface area contributed by atoms with Crippen LogP contribution in [-0.4, -0.2) is 20.9 Å². The van der Waals surface area contributed by atoms with E-state index in [-0.39, 0.29) is 16.7 Å². The zero-order chi connectivity index (χ0) is 14.5. The average molecular weight is 304 g/mol. The first-order valence-corrected chi connectivity index (χ1v) is 8.44. The monoisotopic (exact) mass is 303 g/mol. The molecule has 1 amide bonds. The molecule has 0 aromatic heterocycles. The molecule has 6 heteroatoms. The maximum absolute atomic E-state index is 11.2. The predicted octanol–water partition coefficient (Wildman–Crippen LogP) is 2.63. The number of benzene rings is 1. The smallest absolute Gasteiger partial charge is 0.261 e. The van der Waals surface area contributed by atoms with Crippen LogP contribution in [0.25, 0.3) is 0 Å². The standard InChI is InChI=1S/C13H18ClNO3S/c1-3-4-12(9-15-10(2)16)11-5-7-13(8-6-11)19(14,17)18/h5-8,12H,3-4,9H2,1-2H3,(H,15,16)/t12-/m1/s1. The van der Waals surface area contributed by atoms with Gasteiger partial charge in [0.15, 0.2) is 0 Å². The van der Waals surface area contributed by atoms with Crippen molar-refractivity contribution in [1.29, 1.82) is 0 Å². The lowest BCUT2D eigenvalue weighted by molar-refractivity contribution is -0.119. The normalized spacial score (nSPS) is 13.0. The first-order valence-electron chi connectivity index (χ1n) is 6.13. The van der Waals surface area contributed by atoms with Crippen LogP contribution in [0.5, 0.6) is 0 Å². The molecule has 1 atom stereocenters. The van der Waals surface area contributed by atoms with E-state index in [2.05, 4.69) is 12.2 Å². The number of halogens is 1. The molecule has 1 N–H and O–H groups in total. The summed E-state index contributed by atoms with van der Waals surface area (Å²) in [5, 5.41) is 2.79. The van der Waals surface area contributed by atoms with Gasteiger partial charge in [0.1, 0.15) is 0 Å². The largest absolute Gasteiger partial charge is 0.356 e. The Hall–Kier alpha value is -1.07. The summed E-state index contributed by atoms with van der Waals surface area (Å²) in [6, 6.07) is 6.48. The molecule has 0 aliphatic carbocycles. The number of nitrogens with one attached hydrogen (secondary N) is 1. The average Bonchev–Trinajstić information content (AvgIpc) is 2.33. The molecular formula is C13H18ClNO3S. The molecule has 4 nitrogen and oxygen atoms in total. The van der Waals surface area contributed by atoms with Crippen LogP contribution in [0.2, 0.25) is 0 Å². The van der Waals surface area contributed by atoms with Gasteiger partial charge in [0.25, 0.3) is 9.05 Å². The van der Waals surface area contributed by atoms with E-state index < -0.39 is 9.05 Å². The van der Waals surface area contributed by atoms with Crippen LogP contribution < -0.4 is 5.32 Å². The SMILES string of the molecule is CCC[C@H](CNC(C)=O)c1ccc(S(=O)(=O)Cl)cc1. The van der Waals surface area contributed by atoms with Gasteiger partial charge in [-0.1, -0.05) is 25.5 Å². The molecule has 0 aliphatic heterocycles. The van der Waals surface area contributed by atoms with Crippen molar-refractivity contribution < 1.29 is 13.2 Å². The van der Waals surface area contributed by atoms with Crippen LogP contribution in [-0.2, 0) is 13.8 Å². The summed E-state index contributed by atoms with van der Waals surface area (Å²) in [7, 11) is 1.59. The van der Waals surface area contributed by atoms with E-state index in [0.717, 1.165) is 18.4 Å². The van der Waals surface area contributed by atoms with Crippen LogP contribution in [0, 0.1) is 0 Å². The van der Waals surface area contributed by atoms with Crippen molar-refractivity contribution >= 4 is 25.6 Å². The Morgan fingerprint density at radius 3 is 2.32 bits per heavy atom. The predicted molar refractivity (Wildman–Crippen MR) is 75.8 cm³/mol. The second-order valence-electron chi connectivity index (χ2n) is 4.43. The van der Waals surface area contributed by atoms with Crippen molar-refractivity contribution in [3.63, 3.8) is 0 Å². The minimum atomic E-state index is -3.68. The maximum Gasteiger partial charge on any atom is 0.261 e. The third kappa shape index (κ3) is 5.20. The molecule has 0 aliphatic rings. The number of hydrogen-bond donors (Lipinski definition) is 1. The third-order valence-electron chi connectivity index (χ3n) is 2.87. The number of amides is 1. The Morgan fingerprint density at radius 2 is 1.89 bits per heavy atom. The molecule has 0 spiro atoms. The molecule has 0 saturated carbocycles. The highest BCUT2D eigenvalue weighted by atomic mass is 35.7.